The standard InChI is InChI=1S/C24H22ClF3N4O6/c25-14-6-7-15-18(19(14)28)24(38-23(37)31-15)8-1-9-32(11-24)21(34)16(10-17(26)27)30-20(33)12-2-4-13(5-3-12)29-22(35)36/h2-7,16-17,29H,1,8-11H2,(H,30,33)(H,31,37)(H,35,36)/t16-,24?/m0/s1. The molecular formula is C24H22ClF3N4O6. The fourth-order valence-corrected chi connectivity index (χ4v) is 4.81. The second kappa shape index (κ2) is 10.8. The Morgan fingerprint density at radius 1 is 1.18 bits per heavy atom. The third-order valence-electron chi connectivity index (χ3n) is 6.26. The SMILES string of the molecule is O=C(O)Nc1ccc(C(=O)N[C@@H](CC(F)F)C(=O)N2CCCC3(C2)OC(=O)Nc2ccc(Cl)c(F)c23)cc1. The molecule has 0 aromatic heterocycles. The number of fused-ring (bicyclic) bond motifs is 2. The second-order valence-corrected chi connectivity index (χ2v) is 9.22. The molecule has 2 aliphatic rings. The average Bonchev–Trinajstić information content (AvgIpc) is 2.85. The van der Waals surface area contributed by atoms with Gasteiger partial charge in [0.1, 0.15) is 6.04 Å². The number of piperidine rings is 1. The van der Waals surface area contributed by atoms with Crippen LogP contribution in [-0.4, -0.2) is 59.6 Å². The van der Waals surface area contributed by atoms with Gasteiger partial charge in [-0.2, -0.15) is 0 Å². The maximum atomic E-state index is 15.1. The van der Waals surface area contributed by atoms with Crippen LogP contribution in [0.1, 0.15) is 35.2 Å². The van der Waals surface area contributed by atoms with Crippen molar-refractivity contribution in [3.05, 3.63) is 58.4 Å². The van der Waals surface area contributed by atoms with Crippen LogP contribution >= 0.6 is 11.6 Å². The second-order valence-electron chi connectivity index (χ2n) is 8.82. The highest BCUT2D eigenvalue weighted by molar-refractivity contribution is 6.31. The summed E-state index contributed by atoms with van der Waals surface area (Å²) in [6.45, 7) is -0.247. The Kier molecular flexibility index (Phi) is 7.67. The summed E-state index contributed by atoms with van der Waals surface area (Å²) in [4.78, 5) is 50.2. The lowest BCUT2D eigenvalue weighted by Crippen LogP contribution is -2.57. The van der Waals surface area contributed by atoms with E-state index in [0.29, 0.717) is 0 Å². The Morgan fingerprint density at radius 2 is 1.89 bits per heavy atom. The summed E-state index contributed by atoms with van der Waals surface area (Å²) in [6.07, 6.45) is -5.72. The number of hydrogen-bond acceptors (Lipinski definition) is 5. The number of carboxylic acid groups (broad SMARTS) is 1. The van der Waals surface area contributed by atoms with E-state index in [1.807, 2.05) is 0 Å². The Morgan fingerprint density at radius 3 is 2.55 bits per heavy atom. The number of amides is 4. The highest BCUT2D eigenvalue weighted by Gasteiger charge is 2.49. The summed E-state index contributed by atoms with van der Waals surface area (Å²) in [5, 5.41) is 15.3. The van der Waals surface area contributed by atoms with E-state index < -0.39 is 54.3 Å². The molecule has 2 aromatic carbocycles. The number of anilines is 2. The van der Waals surface area contributed by atoms with Gasteiger partial charge in [-0.25, -0.2) is 22.8 Å². The Hall–Kier alpha value is -4.00. The van der Waals surface area contributed by atoms with Gasteiger partial charge in [0.15, 0.2) is 11.4 Å². The normalized spacial score (nSPS) is 19.3. The van der Waals surface area contributed by atoms with Crippen LogP contribution in [0.4, 0.5) is 34.1 Å². The van der Waals surface area contributed by atoms with Crippen molar-refractivity contribution in [3.8, 4) is 0 Å². The molecule has 2 aliphatic heterocycles. The Bertz CT molecular complexity index is 1280. The molecule has 4 amide bonds. The highest BCUT2D eigenvalue weighted by atomic mass is 35.5. The average molecular weight is 555 g/mol. The van der Waals surface area contributed by atoms with Gasteiger partial charge in [-0.15, -0.1) is 0 Å². The fraction of sp³-hybridized carbons (Fsp3) is 0.333. The topological polar surface area (TPSA) is 137 Å². The van der Waals surface area contributed by atoms with Crippen LogP contribution in [0.5, 0.6) is 0 Å². The minimum absolute atomic E-state index is 0.000967. The third-order valence-corrected chi connectivity index (χ3v) is 6.55. The molecule has 0 radical (unpaired) electrons. The first-order valence-corrected chi connectivity index (χ1v) is 11.8. The van der Waals surface area contributed by atoms with Crippen molar-refractivity contribution in [1.29, 1.82) is 0 Å². The van der Waals surface area contributed by atoms with Crippen molar-refractivity contribution < 1.29 is 42.2 Å². The fourth-order valence-electron chi connectivity index (χ4n) is 4.65. The molecule has 2 heterocycles. The summed E-state index contributed by atoms with van der Waals surface area (Å²) in [6, 6.07) is 6.14. The molecule has 0 aliphatic carbocycles. The number of carbonyl (C=O) groups is 4. The van der Waals surface area contributed by atoms with Crippen LogP contribution < -0.4 is 16.0 Å². The molecule has 0 saturated carbocycles. The molecule has 0 bridgehead atoms. The smallest absolute Gasteiger partial charge is 0.412 e. The van der Waals surface area contributed by atoms with Gasteiger partial charge in [-0.1, -0.05) is 11.6 Å². The van der Waals surface area contributed by atoms with Crippen LogP contribution in [-0.2, 0) is 15.1 Å². The molecular weight excluding hydrogens is 533 g/mol. The van der Waals surface area contributed by atoms with Gasteiger partial charge in [0.05, 0.1) is 22.8 Å². The monoisotopic (exact) mass is 554 g/mol. The lowest BCUT2D eigenvalue weighted by atomic mass is 9.83. The molecule has 4 N–H and O–H groups in total. The van der Waals surface area contributed by atoms with Crippen LogP contribution in [0.25, 0.3) is 0 Å². The third kappa shape index (κ3) is 5.62. The number of nitrogens with one attached hydrogen (secondary N) is 3. The van der Waals surface area contributed by atoms with Gasteiger partial charge in [-0.05, 0) is 49.2 Å². The summed E-state index contributed by atoms with van der Waals surface area (Å²) in [5.74, 6) is -2.54. The summed E-state index contributed by atoms with van der Waals surface area (Å²) >= 11 is 5.95. The van der Waals surface area contributed by atoms with Gasteiger partial charge in [0, 0.05) is 24.2 Å². The van der Waals surface area contributed by atoms with Gasteiger partial charge >= 0.3 is 12.2 Å². The van der Waals surface area contributed by atoms with E-state index in [4.69, 9.17) is 21.4 Å². The van der Waals surface area contributed by atoms with Gasteiger partial charge in [0.2, 0.25) is 12.3 Å². The van der Waals surface area contributed by atoms with Crippen molar-refractivity contribution in [3.63, 3.8) is 0 Å². The van der Waals surface area contributed by atoms with Crippen LogP contribution in [0, 0.1) is 5.82 Å². The lowest BCUT2D eigenvalue weighted by molar-refractivity contribution is -0.142. The first-order valence-electron chi connectivity index (χ1n) is 11.5. The number of carbonyl (C=O) groups excluding carboxylic acids is 3. The van der Waals surface area contributed by atoms with E-state index in [1.165, 1.54) is 36.4 Å². The number of benzene rings is 2. The number of rotatable bonds is 6. The predicted molar refractivity (Wildman–Crippen MR) is 129 cm³/mol. The number of nitrogens with zero attached hydrogens (tertiary/aromatic N) is 1. The van der Waals surface area contributed by atoms with Crippen molar-refractivity contribution in [2.24, 2.45) is 0 Å². The first kappa shape index (κ1) is 27.0. The first-order chi connectivity index (χ1) is 18.0. The largest absolute Gasteiger partial charge is 0.465 e. The molecule has 4 rings (SSSR count). The van der Waals surface area contributed by atoms with Crippen molar-refractivity contribution >= 4 is 47.0 Å². The van der Waals surface area contributed by atoms with E-state index in [2.05, 4.69) is 16.0 Å². The lowest BCUT2D eigenvalue weighted by Gasteiger charge is -2.45. The molecule has 1 saturated heterocycles. The zero-order valence-electron chi connectivity index (χ0n) is 19.6. The molecule has 1 spiro atoms. The minimum atomic E-state index is -2.95. The van der Waals surface area contributed by atoms with E-state index >= 15 is 4.39 Å². The predicted octanol–water partition coefficient (Wildman–Crippen LogP) is 4.40. The van der Waals surface area contributed by atoms with Gasteiger partial charge in [0.25, 0.3) is 5.91 Å². The molecule has 1 unspecified atom stereocenters. The zero-order valence-corrected chi connectivity index (χ0v) is 20.4. The van der Waals surface area contributed by atoms with Crippen molar-refractivity contribution in [2.75, 3.05) is 23.7 Å². The molecule has 14 heteroatoms. The van der Waals surface area contributed by atoms with E-state index in [9.17, 15) is 28.0 Å². The van der Waals surface area contributed by atoms with E-state index in [0.717, 1.165) is 4.90 Å². The summed E-state index contributed by atoms with van der Waals surface area (Å²) in [5.41, 5.74) is -1.35. The number of halogens is 4. The van der Waals surface area contributed by atoms with Gasteiger partial charge < -0.3 is 20.1 Å². The zero-order chi connectivity index (χ0) is 27.6. The summed E-state index contributed by atoms with van der Waals surface area (Å²) < 4.78 is 47.4. The Balaban J connectivity index is 1.57. The number of hydrogen-bond donors (Lipinski definition) is 4. The van der Waals surface area contributed by atoms with Gasteiger partial charge in [-0.3, -0.25) is 20.2 Å². The minimum Gasteiger partial charge on any atom is -0.465 e. The molecule has 1 fully saturated rings. The molecule has 10 nitrogen and oxygen atoms in total. The number of ether oxygens (including phenoxy) is 1. The van der Waals surface area contributed by atoms with Crippen LogP contribution in [0.15, 0.2) is 36.4 Å². The van der Waals surface area contributed by atoms with Crippen molar-refractivity contribution in [1.82, 2.24) is 10.2 Å². The highest BCUT2D eigenvalue weighted by Crippen LogP contribution is 2.45. The van der Waals surface area contributed by atoms with Crippen molar-refractivity contribution in [2.45, 2.75) is 37.3 Å². The maximum Gasteiger partial charge on any atom is 0.412 e. The quantitative estimate of drug-likeness (QED) is 0.418. The molecule has 202 valence electrons. The Labute approximate surface area is 219 Å². The number of likely N-dealkylation sites (tertiary alicyclic amines) is 1. The van der Waals surface area contributed by atoms with E-state index in [1.54, 1.807) is 0 Å². The van der Waals surface area contributed by atoms with E-state index in [-0.39, 0.29) is 53.5 Å². The van der Waals surface area contributed by atoms with Crippen LogP contribution in [0.2, 0.25) is 5.02 Å². The number of alkyl halides is 2. The van der Waals surface area contributed by atoms with Crippen LogP contribution in [0.3, 0.4) is 0 Å². The molecule has 2 atom stereocenters. The summed E-state index contributed by atoms with van der Waals surface area (Å²) in [7, 11) is 0. The molecule has 2 aromatic rings. The molecule has 38 heavy (non-hydrogen) atoms. The maximum absolute atomic E-state index is 15.1.